The van der Waals surface area contributed by atoms with E-state index in [0.29, 0.717) is 22.6 Å². The molecule has 0 aliphatic rings. The van der Waals surface area contributed by atoms with Gasteiger partial charge in [-0.25, -0.2) is 0 Å². The summed E-state index contributed by atoms with van der Waals surface area (Å²) in [6.45, 7) is 0. The number of para-hydroxylation sites is 2. The van der Waals surface area contributed by atoms with E-state index in [1.165, 1.54) is 20.3 Å². The van der Waals surface area contributed by atoms with E-state index in [0.717, 1.165) is 0 Å². The number of nitrogens with zero attached hydrogens (tertiary/aromatic N) is 1. The zero-order valence-electron chi connectivity index (χ0n) is 10.6. The van der Waals surface area contributed by atoms with Crippen LogP contribution in [0.15, 0.2) is 42.5 Å². The van der Waals surface area contributed by atoms with E-state index in [4.69, 9.17) is 9.47 Å². The Morgan fingerprint density at radius 1 is 0.947 bits per heavy atom. The van der Waals surface area contributed by atoms with Crippen LogP contribution in [0.3, 0.4) is 0 Å². The monoisotopic (exact) mass is 259 g/mol. The second kappa shape index (κ2) is 5.39. The highest BCUT2D eigenvalue weighted by molar-refractivity contribution is 5.80. The van der Waals surface area contributed by atoms with Crippen molar-refractivity contribution < 1.29 is 14.4 Å². The van der Waals surface area contributed by atoms with Gasteiger partial charge in [0, 0.05) is 11.6 Å². The summed E-state index contributed by atoms with van der Waals surface area (Å²) in [5.41, 5.74) is 1.17. The molecule has 5 nitrogen and oxygen atoms in total. The number of hydrogen-bond acceptors (Lipinski definition) is 4. The summed E-state index contributed by atoms with van der Waals surface area (Å²) in [5.74, 6) is 1.03. The third kappa shape index (κ3) is 2.35. The summed E-state index contributed by atoms with van der Waals surface area (Å²) in [7, 11) is 3.04. The Morgan fingerprint density at radius 2 is 1.63 bits per heavy atom. The summed E-state index contributed by atoms with van der Waals surface area (Å²) in [5, 5.41) is 11.1. The number of rotatable bonds is 4. The Kier molecular flexibility index (Phi) is 3.66. The second-order valence-corrected chi connectivity index (χ2v) is 3.82. The van der Waals surface area contributed by atoms with Crippen molar-refractivity contribution in [3.05, 3.63) is 52.6 Å². The van der Waals surface area contributed by atoms with Gasteiger partial charge in [-0.2, -0.15) is 0 Å². The molecule has 0 aromatic heterocycles. The molecule has 0 atom stereocenters. The maximum absolute atomic E-state index is 11.1. The quantitative estimate of drug-likeness (QED) is 0.624. The van der Waals surface area contributed by atoms with E-state index >= 15 is 0 Å². The third-order valence-corrected chi connectivity index (χ3v) is 2.79. The van der Waals surface area contributed by atoms with Gasteiger partial charge in [0.2, 0.25) is 0 Å². The van der Waals surface area contributed by atoms with Crippen molar-refractivity contribution in [2.24, 2.45) is 0 Å². The number of ether oxygens (including phenoxy) is 2. The van der Waals surface area contributed by atoms with Crippen LogP contribution in [0.5, 0.6) is 11.5 Å². The molecule has 0 radical (unpaired) electrons. The van der Waals surface area contributed by atoms with Gasteiger partial charge in [0.05, 0.1) is 24.7 Å². The van der Waals surface area contributed by atoms with Gasteiger partial charge < -0.3 is 9.47 Å². The SMILES string of the molecule is COc1cccc(-c2ccccc2[N+](=O)[O-])c1OC. The van der Waals surface area contributed by atoms with Crippen molar-refractivity contribution in [2.45, 2.75) is 0 Å². The lowest BCUT2D eigenvalue weighted by molar-refractivity contribution is -0.384. The molecule has 0 spiro atoms. The fourth-order valence-electron chi connectivity index (χ4n) is 1.96. The van der Waals surface area contributed by atoms with E-state index in [9.17, 15) is 10.1 Å². The topological polar surface area (TPSA) is 61.6 Å². The van der Waals surface area contributed by atoms with Crippen molar-refractivity contribution in [3.8, 4) is 22.6 Å². The minimum atomic E-state index is -0.408. The molecule has 0 aliphatic carbocycles. The smallest absolute Gasteiger partial charge is 0.277 e. The average Bonchev–Trinajstić information content (AvgIpc) is 2.46. The molecule has 0 unspecified atom stereocenters. The molecule has 0 aliphatic heterocycles. The molecular weight excluding hydrogens is 246 g/mol. The number of methoxy groups -OCH3 is 2. The summed E-state index contributed by atoms with van der Waals surface area (Å²) >= 11 is 0. The first-order valence-corrected chi connectivity index (χ1v) is 5.63. The molecule has 0 bridgehead atoms. The Balaban J connectivity index is 2.69. The summed E-state index contributed by atoms with van der Waals surface area (Å²) in [4.78, 5) is 10.7. The van der Waals surface area contributed by atoms with E-state index in [-0.39, 0.29) is 5.69 Å². The van der Waals surface area contributed by atoms with Gasteiger partial charge in [-0.15, -0.1) is 0 Å². The fourth-order valence-corrected chi connectivity index (χ4v) is 1.96. The van der Waals surface area contributed by atoms with E-state index in [1.807, 2.05) is 0 Å². The van der Waals surface area contributed by atoms with Gasteiger partial charge in [-0.05, 0) is 12.1 Å². The maximum atomic E-state index is 11.1. The molecule has 5 heteroatoms. The van der Waals surface area contributed by atoms with Gasteiger partial charge in [-0.3, -0.25) is 10.1 Å². The van der Waals surface area contributed by atoms with Crippen molar-refractivity contribution in [1.82, 2.24) is 0 Å². The first-order valence-electron chi connectivity index (χ1n) is 5.63. The van der Waals surface area contributed by atoms with Crippen LogP contribution in [0.25, 0.3) is 11.1 Å². The fraction of sp³-hybridized carbons (Fsp3) is 0.143. The van der Waals surface area contributed by atoms with Crippen molar-refractivity contribution >= 4 is 5.69 Å². The lowest BCUT2D eigenvalue weighted by atomic mass is 10.0. The molecule has 2 aromatic rings. The summed E-state index contributed by atoms with van der Waals surface area (Å²) in [6.07, 6.45) is 0. The van der Waals surface area contributed by atoms with Crippen LogP contribution < -0.4 is 9.47 Å². The molecule has 0 N–H and O–H groups in total. The minimum Gasteiger partial charge on any atom is -0.493 e. The van der Waals surface area contributed by atoms with Crippen molar-refractivity contribution in [2.75, 3.05) is 14.2 Å². The standard InChI is InChI=1S/C14H13NO4/c1-18-13-9-5-7-11(14(13)19-2)10-6-3-4-8-12(10)15(16)17/h3-9H,1-2H3. The van der Waals surface area contributed by atoms with Crippen LogP contribution in [0.1, 0.15) is 0 Å². The maximum Gasteiger partial charge on any atom is 0.277 e. The highest BCUT2D eigenvalue weighted by Gasteiger charge is 2.19. The highest BCUT2D eigenvalue weighted by Crippen LogP contribution is 2.41. The van der Waals surface area contributed by atoms with Gasteiger partial charge in [0.1, 0.15) is 0 Å². The third-order valence-electron chi connectivity index (χ3n) is 2.79. The van der Waals surface area contributed by atoms with Crippen LogP contribution >= 0.6 is 0 Å². The van der Waals surface area contributed by atoms with Gasteiger partial charge in [-0.1, -0.05) is 24.3 Å². The Bertz CT molecular complexity index is 610. The molecule has 98 valence electrons. The number of nitro benzene ring substituents is 1. The minimum absolute atomic E-state index is 0.0362. The normalized spacial score (nSPS) is 10.0. The molecule has 2 aromatic carbocycles. The van der Waals surface area contributed by atoms with Crippen molar-refractivity contribution in [1.29, 1.82) is 0 Å². The molecule has 0 saturated carbocycles. The molecule has 19 heavy (non-hydrogen) atoms. The Morgan fingerprint density at radius 3 is 2.26 bits per heavy atom. The largest absolute Gasteiger partial charge is 0.493 e. The van der Waals surface area contributed by atoms with Gasteiger partial charge in [0.15, 0.2) is 11.5 Å². The second-order valence-electron chi connectivity index (χ2n) is 3.82. The molecule has 2 rings (SSSR count). The molecule has 0 fully saturated rings. The number of benzene rings is 2. The predicted molar refractivity (Wildman–Crippen MR) is 71.6 cm³/mol. The number of hydrogen-bond donors (Lipinski definition) is 0. The first-order chi connectivity index (χ1) is 9.19. The lowest BCUT2D eigenvalue weighted by Crippen LogP contribution is -1.96. The summed E-state index contributed by atoms with van der Waals surface area (Å²) < 4.78 is 10.5. The number of nitro groups is 1. The average molecular weight is 259 g/mol. The Labute approximate surface area is 110 Å². The summed E-state index contributed by atoms with van der Waals surface area (Å²) in [6, 6.07) is 11.8. The molecular formula is C14H13NO4. The molecule has 0 saturated heterocycles. The zero-order chi connectivity index (χ0) is 13.8. The van der Waals surface area contributed by atoms with Crippen LogP contribution in [-0.4, -0.2) is 19.1 Å². The van der Waals surface area contributed by atoms with Crippen molar-refractivity contribution in [3.63, 3.8) is 0 Å². The highest BCUT2D eigenvalue weighted by atomic mass is 16.6. The lowest BCUT2D eigenvalue weighted by Gasteiger charge is -2.12. The van der Waals surface area contributed by atoms with Gasteiger partial charge >= 0.3 is 0 Å². The molecule has 0 heterocycles. The van der Waals surface area contributed by atoms with Crippen LogP contribution in [0.2, 0.25) is 0 Å². The van der Waals surface area contributed by atoms with Crippen LogP contribution in [0, 0.1) is 10.1 Å². The first kappa shape index (κ1) is 12.9. The van der Waals surface area contributed by atoms with E-state index in [2.05, 4.69) is 0 Å². The molecule has 0 amide bonds. The van der Waals surface area contributed by atoms with E-state index in [1.54, 1.807) is 36.4 Å². The van der Waals surface area contributed by atoms with Crippen LogP contribution in [0.4, 0.5) is 5.69 Å². The zero-order valence-corrected chi connectivity index (χ0v) is 10.6. The predicted octanol–water partition coefficient (Wildman–Crippen LogP) is 3.28. The van der Waals surface area contributed by atoms with Gasteiger partial charge in [0.25, 0.3) is 5.69 Å². The Hall–Kier alpha value is -2.56. The van der Waals surface area contributed by atoms with E-state index < -0.39 is 4.92 Å². The van der Waals surface area contributed by atoms with Crippen LogP contribution in [-0.2, 0) is 0 Å².